The molecule has 5 nitrogen and oxygen atoms in total. The van der Waals surface area contributed by atoms with E-state index in [0.29, 0.717) is 43.3 Å². The van der Waals surface area contributed by atoms with Gasteiger partial charge in [-0.25, -0.2) is 0 Å². The fourth-order valence-corrected chi connectivity index (χ4v) is 3.89. The number of fused-ring (bicyclic) bond motifs is 1. The molecule has 2 fully saturated rings. The number of carbonyl (C=O) groups excluding carboxylic acids is 1. The van der Waals surface area contributed by atoms with E-state index in [-0.39, 0.29) is 23.4 Å². The van der Waals surface area contributed by atoms with Crippen LogP contribution in [0.2, 0.25) is 0 Å². The van der Waals surface area contributed by atoms with Crippen LogP contribution in [-0.2, 0) is 4.74 Å². The van der Waals surface area contributed by atoms with Gasteiger partial charge in [0.1, 0.15) is 23.7 Å². The number of hydrogen-bond donors (Lipinski definition) is 1. The fourth-order valence-electron chi connectivity index (χ4n) is 3.89. The van der Waals surface area contributed by atoms with Crippen LogP contribution in [0.25, 0.3) is 0 Å². The molecule has 3 aliphatic rings. The minimum Gasteiger partial charge on any atom is -0.493 e. The highest BCUT2D eigenvalue weighted by Gasteiger charge is 2.42. The second-order valence-corrected chi connectivity index (χ2v) is 7.54. The van der Waals surface area contributed by atoms with Gasteiger partial charge in [0, 0.05) is 6.07 Å². The number of carbonyl (C=O) groups is 1. The van der Waals surface area contributed by atoms with Crippen molar-refractivity contribution in [1.29, 1.82) is 0 Å². The monoisotopic (exact) mass is 332 g/mol. The first-order chi connectivity index (χ1) is 11.6. The largest absolute Gasteiger partial charge is 0.493 e. The normalized spacial score (nSPS) is 24.0. The van der Waals surface area contributed by atoms with Gasteiger partial charge in [0.25, 0.3) is 0 Å². The summed E-state index contributed by atoms with van der Waals surface area (Å²) in [6.45, 7) is 1.50. The van der Waals surface area contributed by atoms with E-state index < -0.39 is 0 Å². The average molecular weight is 332 g/mol. The van der Waals surface area contributed by atoms with Crippen molar-refractivity contribution < 1.29 is 24.1 Å². The summed E-state index contributed by atoms with van der Waals surface area (Å²) < 4.78 is 17.3. The van der Waals surface area contributed by atoms with Crippen LogP contribution in [0.15, 0.2) is 18.2 Å². The summed E-state index contributed by atoms with van der Waals surface area (Å²) in [6, 6.07) is 5.43. The zero-order chi connectivity index (χ0) is 16.6. The Labute approximate surface area is 141 Å². The van der Waals surface area contributed by atoms with E-state index in [2.05, 4.69) is 0 Å². The second-order valence-electron chi connectivity index (χ2n) is 7.54. The van der Waals surface area contributed by atoms with Gasteiger partial charge in [-0.05, 0) is 37.8 Å². The Morgan fingerprint density at radius 1 is 1.17 bits per heavy atom. The van der Waals surface area contributed by atoms with Gasteiger partial charge in [0.05, 0.1) is 37.2 Å². The van der Waals surface area contributed by atoms with Gasteiger partial charge in [-0.2, -0.15) is 0 Å². The molecule has 130 valence electrons. The summed E-state index contributed by atoms with van der Waals surface area (Å²) >= 11 is 0. The van der Waals surface area contributed by atoms with Crippen molar-refractivity contribution >= 4 is 5.78 Å². The molecule has 2 heterocycles. The SMILES string of the molecule is O=C1CC2(CCCCC2)Oc2cc(OCC3(CO)COC3)ccc21. The summed E-state index contributed by atoms with van der Waals surface area (Å²) in [5.41, 5.74) is 0.0501. The lowest BCUT2D eigenvalue weighted by atomic mass is 9.78. The van der Waals surface area contributed by atoms with Crippen molar-refractivity contribution in [1.82, 2.24) is 0 Å². The number of aliphatic hydroxyl groups is 1. The topological polar surface area (TPSA) is 65.0 Å². The highest BCUT2D eigenvalue weighted by atomic mass is 16.5. The predicted octanol–water partition coefficient (Wildman–Crippen LogP) is 2.74. The third-order valence-corrected chi connectivity index (χ3v) is 5.52. The molecule has 0 amide bonds. The molecule has 1 aromatic rings. The van der Waals surface area contributed by atoms with E-state index in [4.69, 9.17) is 14.2 Å². The molecule has 0 bridgehead atoms. The van der Waals surface area contributed by atoms with Crippen molar-refractivity contribution in [2.45, 2.75) is 44.1 Å². The number of ether oxygens (including phenoxy) is 3. The molecule has 0 aromatic heterocycles. The summed E-state index contributed by atoms with van der Waals surface area (Å²) in [5.74, 6) is 1.49. The van der Waals surface area contributed by atoms with Crippen LogP contribution in [0.4, 0.5) is 0 Å². The van der Waals surface area contributed by atoms with E-state index in [1.165, 1.54) is 6.42 Å². The summed E-state index contributed by atoms with van der Waals surface area (Å²) in [6.07, 6.45) is 5.86. The molecule has 1 saturated carbocycles. The molecule has 4 rings (SSSR count). The molecule has 0 atom stereocenters. The van der Waals surface area contributed by atoms with Gasteiger partial charge < -0.3 is 19.3 Å². The Bertz CT molecular complexity index is 623. The lowest BCUT2D eigenvalue weighted by Gasteiger charge is -2.41. The minimum atomic E-state index is -0.310. The lowest BCUT2D eigenvalue weighted by Crippen LogP contribution is -2.49. The third kappa shape index (κ3) is 2.80. The van der Waals surface area contributed by atoms with E-state index in [9.17, 15) is 9.90 Å². The molecular formula is C19H24O5. The molecule has 2 aliphatic heterocycles. The van der Waals surface area contributed by atoms with Gasteiger partial charge in [-0.1, -0.05) is 6.42 Å². The summed E-state index contributed by atoms with van der Waals surface area (Å²) in [5, 5.41) is 9.48. The number of Topliss-reactive ketones (excluding diaryl/α,β-unsaturated/α-hetero) is 1. The van der Waals surface area contributed by atoms with Crippen LogP contribution < -0.4 is 9.47 Å². The molecule has 1 saturated heterocycles. The standard InChI is InChI=1S/C19H24O5/c20-10-18(11-22-12-18)13-23-14-4-5-15-16(21)9-19(24-17(15)8-14)6-2-1-3-7-19/h4-5,8,20H,1-3,6-7,9-13H2. The predicted molar refractivity (Wildman–Crippen MR) is 87.7 cm³/mol. The van der Waals surface area contributed by atoms with E-state index in [1.54, 1.807) is 6.07 Å². The first kappa shape index (κ1) is 15.9. The Hall–Kier alpha value is -1.59. The average Bonchev–Trinajstić information content (AvgIpc) is 2.54. The van der Waals surface area contributed by atoms with Crippen molar-refractivity contribution in [2.24, 2.45) is 5.41 Å². The van der Waals surface area contributed by atoms with Gasteiger partial charge in [0.15, 0.2) is 5.78 Å². The smallest absolute Gasteiger partial charge is 0.170 e. The summed E-state index contributed by atoms with van der Waals surface area (Å²) in [4.78, 5) is 12.5. The van der Waals surface area contributed by atoms with E-state index in [0.717, 1.165) is 25.7 Å². The molecule has 5 heteroatoms. The minimum absolute atomic E-state index is 0.0516. The zero-order valence-corrected chi connectivity index (χ0v) is 13.9. The van der Waals surface area contributed by atoms with Crippen molar-refractivity contribution in [3.63, 3.8) is 0 Å². The third-order valence-electron chi connectivity index (χ3n) is 5.52. The molecule has 1 aliphatic carbocycles. The Balaban J connectivity index is 1.51. The van der Waals surface area contributed by atoms with Crippen LogP contribution in [0.1, 0.15) is 48.9 Å². The number of rotatable bonds is 4. The van der Waals surface area contributed by atoms with Crippen molar-refractivity contribution in [2.75, 3.05) is 26.4 Å². The maximum Gasteiger partial charge on any atom is 0.170 e. The Kier molecular flexibility index (Phi) is 4.01. The zero-order valence-electron chi connectivity index (χ0n) is 13.9. The number of aliphatic hydroxyl groups excluding tert-OH is 1. The highest BCUT2D eigenvalue weighted by Crippen LogP contribution is 2.43. The summed E-state index contributed by atoms with van der Waals surface area (Å²) in [7, 11) is 0. The first-order valence-electron chi connectivity index (χ1n) is 8.82. The van der Waals surface area contributed by atoms with Crippen LogP contribution in [0, 0.1) is 5.41 Å². The highest BCUT2D eigenvalue weighted by molar-refractivity contribution is 6.00. The molecule has 1 aromatic carbocycles. The maximum atomic E-state index is 12.5. The van der Waals surface area contributed by atoms with Gasteiger partial charge >= 0.3 is 0 Å². The first-order valence-corrected chi connectivity index (χ1v) is 8.82. The molecule has 24 heavy (non-hydrogen) atoms. The number of hydrogen-bond acceptors (Lipinski definition) is 5. The molecule has 0 radical (unpaired) electrons. The van der Waals surface area contributed by atoms with Crippen LogP contribution in [-0.4, -0.2) is 42.9 Å². The van der Waals surface area contributed by atoms with Crippen LogP contribution in [0.3, 0.4) is 0 Å². The Morgan fingerprint density at radius 3 is 2.62 bits per heavy atom. The fraction of sp³-hybridized carbons (Fsp3) is 0.632. The van der Waals surface area contributed by atoms with E-state index in [1.807, 2.05) is 12.1 Å². The van der Waals surface area contributed by atoms with Gasteiger partial charge in [0.2, 0.25) is 0 Å². The van der Waals surface area contributed by atoms with Gasteiger partial charge in [-0.15, -0.1) is 0 Å². The van der Waals surface area contributed by atoms with E-state index >= 15 is 0 Å². The van der Waals surface area contributed by atoms with Crippen molar-refractivity contribution in [3.05, 3.63) is 23.8 Å². The molecule has 1 N–H and O–H groups in total. The Morgan fingerprint density at radius 2 is 1.96 bits per heavy atom. The van der Waals surface area contributed by atoms with Crippen molar-refractivity contribution in [3.8, 4) is 11.5 Å². The van der Waals surface area contributed by atoms with Gasteiger partial charge in [-0.3, -0.25) is 4.79 Å². The maximum absolute atomic E-state index is 12.5. The molecule has 1 spiro atoms. The molecular weight excluding hydrogens is 308 g/mol. The quantitative estimate of drug-likeness (QED) is 0.918. The van der Waals surface area contributed by atoms with Crippen LogP contribution in [0.5, 0.6) is 11.5 Å². The molecule has 0 unspecified atom stereocenters. The number of ketones is 1. The van der Waals surface area contributed by atoms with Crippen LogP contribution >= 0.6 is 0 Å². The lowest BCUT2D eigenvalue weighted by molar-refractivity contribution is -0.153. The second kappa shape index (κ2) is 6.05. The number of benzene rings is 1.